The van der Waals surface area contributed by atoms with Crippen molar-refractivity contribution in [3.05, 3.63) is 63.6 Å². The lowest BCUT2D eigenvalue weighted by Gasteiger charge is -2.21. The van der Waals surface area contributed by atoms with Crippen molar-refractivity contribution in [2.45, 2.75) is 6.92 Å². The summed E-state index contributed by atoms with van der Waals surface area (Å²) < 4.78 is 0. The maximum absolute atomic E-state index is 12.2. The van der Waals surface area contributed by atoms with Crippen LogP contribution in [0.15, 0.2) is 42.7 Å². The first-order valence-corrected chi connectivity index (χ1v) is 5.30. The van der Waals surface area contributed by atoms with Gasteiger partial charge in [0.1, 0.15) is 5.69 Å². The first kappa shape index (κ1) is 12.2. The Labute approximate surface area is 103 Å². The lowest BCUT2D eigenvalue weighted by molar-refractivity contribution is -0.701. The number of aromatic nitrogens is 1. The van der Waals surface area contributed by atoms with E-state index in [0.29, 0.717) is 5.69 Å². The minimum atomic E-state index is -0.576. The quantitative estimate of drug-likeness (QED) is 0.658. The summed E-state index contributed by atoms with van der Waals surface area (Å²) in [6.45, 7) is 1.79. The van der Waals surface area contributed by atoms with Gasteiger partial charge in [-0.05, 0) is 6.92 Å². The van der Waals surface area contributed by atoms with Gasteiger partial charge in [-0.1, -0.05) is 18.2 Å². The van der Waals surface area contributed by atoms with Crippen LogP contribution in [0.25, 0.3) is 0 Å². The summed E-state index contributed by atoms with van der Waals surface area (Å²) in [7, 11) is 0. The average Bonchev–Trinajstić information content (AvgIpc) is 2.38. The molecule has 18 heavy (non-hydrogen) atoms. The van der Waals surface area contributed by atoms with Gasteiger partial charge >= 0.3 is 5.69 Å². The van der Waals surface area contributed by atoms with Crippen LogP contribution >= 0.6 is 0 Å². The van der Waals surface area contributed by atoms with Crippen LogP contribution in [-0.4, -0.2) is 9.91 Å². The van der Waals surface area contributed by atoms with Crippen LogP contribution in [0, 0.1) is 22.2 Å². The lowest BCUT2D eigenvalue weighted by Crippen LogP contribution is -2.96. The van der Waals surface area contributed by atoms with E-state index in [-0.39, 0.29) is 16.4 Å². The van der Waals surface area contributed by atoms with E-state index in [1.807, 2.05) is 6.07 Å². The second kappa shape index (κ2) is 4.91. The van der Waals surface area contributed by atoms with Gasteiger partial charge in [-0.3, -0.25) is 15.1 Å². The summed E-state index contributed by atoms with van der Waals surface area (Å²) in [6.07, 6.45) is 2.53. The minimum absolute atomic E-state index is 0.0109. The van der Waals surface area contributed by atoms with Gasteiger partial charge in [0.2, 0.25) is 5.69 Å². The molecular formula is C12H11N3O3. The molecule has 1 unspecified atom stereocenters. The number of hydrogen-bond acceptors (Lipinski definition) is 4. The van der Waals surface area contributed by atoms with Crippen molar-refractivity contribution in [2.24, 2.45) is 0 Å². The second-order valence-electron chi connectivity index (χ2n) is 3.79. The Kier molecular flexibility index (Phi) is 3.31. The first-order chi connectivity index (χ1) is 8.61. The van der Waals surface area contributed by atoms with E-state index >= 15 is 0 Å². The standard InChI is InChI=1S/C12H11N3O3/c1-9-4-2-3-5-10(9)14(16)12-8-13-7-6-11(12)15(17)18/h2-8,14H,1H3. The molecule has 92 valence electrons. The van der Waals surface area contributed by atoms with Crippen molar-refractivity contribution in [3.8, 4) is 0 Å². The molecule has 6 nitrogen and oxygen atoms in total. The van der Waals surface area contributed by atoms with E-state index in [9.17, 15) is 15.3 Å². The van der Waals surface area contributed by atoms with Crippen molar-refractivity contribution < 1.29 is 9.99 Å². The van der Waals surface area contributed by atoms with Gasteiger partial charge in [-0.25, -0.2) is 0 Å². The molecule has 0 aliphatic heterocycles. The Morgan fingerprint density at radius 1 is 1.22 bits per heavy atom. The van der Waals surface area contributed by atoms with E-state index in [1.54, 1.807) is 25.1 Å². The molecule has 0 fully saturated rings. The number of pyridine rings is 1. The second-order valence-corrected chi connectivity index (χ2v) is 3.79. The Bertz CT molecular complexity index is 586. The Hall–Kier alpha value is -2.31. The fourth-order valence-electron chi connectivity index (χ4n) is 1.69. The number of hydrogen-bond donors (Lipinski definition) is 1. The monoisotopic (exact) mass is 245 g/mol. The van der Waals surface area contributed by atoms with Gasteiger partial charge in [-0.2, -0.15) is 0 Å². The zero-order chi connectivity index (χ0) is 13.1. The van der Waals surface area contributed by atoms with E-state index in [0.717, 1.165) is 5.56 Å². The molecule has 0 amide bonds. The highest BCUT2D eigenvalue weighted by Crippen LogP contribution is 2.21. The highest BCUT2D eigenvalue weighted by atomic mass is 16.6. The Morgan fingerprint density at radius 3 is 2.61 bits per heavy atom. The van der Waals surface area contributed by atoms with Crippen LogP contribution in [-0.2, 0) is 0 Å². The van der Waals surface area contributed by atoms with Crippen molar-refractivity contribution in [1.82, 2.24) is 4.98 Å². The highest BCUT2D eigenvalue weighted by molar-refractivity contribution is 5.53. The minimum Gasteiger partial charge on any atom is -0.623 e. The van der Waals surface area contributed by atoms with E-state index in [4.69, 9.17) is 0 Å². The van der Waals surface area contributed by atoms with Crippen molar-refractivity contribution >= 4 is 17.1 Å². The van der Waals surface area contributed by atoms with Crippen molar-refractivity contribution in [1.29, 1.82) is 0 Å². The summed E-state index contributed by atoms with van der Waals surface area (Å²) in [4.78, 5) is 14.1. The maximum atomic E-state index is 12.2. The number of nitrogens with zero attached hydrogens (tertiary/aromatic N) is 2. The molecule has 1 aromatic heterocycles. The largest absolute Gasteiger partial charge is 0.623 e. The van der Waals surface area contributed by atoms with Crippen LogP contribution < -0.4 is 5.06 Å². The van der Waals surface area contributed by atoms with Crippen LogP contribution in [0.5, 0.6) is 0 Å². The molecule has 6 heteroatoms. The van der Waals surface area contributed by atoms with Gasteiger partial charge in [-0.15, -0.1) is 0 Å². The molecular weight excluding hydrogens is 234 g/mol. The van der Waals surface area contributed by atoms with Crippen LogP contribution in [0.1, 0.15) is 5.56 Å². The van der Waals surface area contributed by atoms with Crippen LogP contribution in [0.3, 0.4) is 0 Å². The SMILES string of the molecule is Cc1ccccc1[NH+]([O-])c1cnccc1[N+](=O)[O-]. The van der Waals surface area contributed by atoms with Crippen molar-refractivity contribution in [2.75, 3.05) is 0 Å². The average molecular weight is 245 g/mol. The third-order valence-corrected chi connectivity index (χ3v) is 2.63. The smallest absolute Gasteiger partial charge is 0.333 e. The summed E-state index contributed by atoms with van der Waals surface area (Å²) in [5.74, 6) is 0. The molecule has 1 N–H and O–H groups in total. The number of benzene rings is 1. The predicted molar refractivity (Wildman–Crippen MR) is 65.7 cm³/mol. The van der Waals surface area contributed by atoms with Gasteiger partial charge in [0.25, 0.3) is 0 Å². The summed E-state index contributed by atoms with van der Waals surface area (Å²) in [5.41, 5.74) is 1.02. The number of para-hydroxylation sites is 1. The van der Waals surface area contributed by atoms with Crippen LogP contribution in [0.4, 0.5) is 17.1 Å². The summed E-state index contributed by atoms with van der Waals surface area (Å²) in [6, 6.07) is 8.20. The molecule has 1 aromatic carbocycles. The molecule has 0 aliphatic rings. The maximum Gasteiger partial charge on any atom is 0.333 e. The van der Waals surface area contributed by atoms with Gasteiger partial charge < -0.3 is 10.3 Å². The number of nitro groups is 1. The molecule has 0 bridgehead atoms. The first-order valence-electron chi connectivity index (χ1n) is 5.30. The zero-order valence-corrected chi connectivity index (χ0v) is 9.66. The van der Waals surface area contributed by atoms with E-state index in [2.05, 4.69) is 4.98 Å². The Morgan fingerprint density at radius 2 is 1.94 bits per heavy atom. The number of quaternary nitrogens is 1. The van der Waals surface area contributed by atoms with Crippen molar-refractivity contribution in [3.63, 3.8) is 0 Å². The Balaban J connectivity index is 2.50. The van der Waals surface area contributed by atoms with E-state index in [1.165, 1.54) is 18.5 Å². The molecule has 0 saturated carbocycles. The molecule has 0 spiro atoms. The molecule has 2 aromatic rings. The fourth-order valence-corrected chi connectivity index (χ4v) is 1.69. The van der Waals surface area contributed by atoms with Gasteiger partial charge in [0.05, 0.1) is 11.1 Å². The molecule has 0 aliphatic carbocycles. The molecule has 0 saturated heterocycles. The molecule has 1 atom stereocenters. The lowest BCUT2D eigenvalue weighted by atomic mass is 10.2. The zero-order valence-electron chi connectivity index (χ0n) is 9.66. The van der Waals surface area contributed by atoms with Crippen LogP contribution in [0.2, 0.25) is 0 Å². The van der Waals surface area contributed by atoms with Gasteiger partial charge in [0.15, 0.2) is 0 Å². The number of nitrogens with one attached hydrogen (secondary N) is 1. The van der Waals surface area contributed by atoms with Gasteiger partial charge in [0, 0.05) is 23.9 Å². The topological polar surface area (TPSA) is 83.5 Å². The summed E-state index contributed by atoms with van der Waals surface area (Å²) in [5, 5.41) is 22.7. The summed E-state index contributed by atoms with van der Waals surface area (Å²) >= 11 is 0. The normalized spacial score (nSPS) is 12.1. The van der Waals surface area contributed by atoms with E-state index < -0.39 is 4.92 Å². The molecule has 2 rings (SSSR count). The fraction of sp³-hybridized carbons (Fsp3) is 0.0833. The number of rotatable bonds is 3. The highest BCUT2D eigenvalue weighted by Gasteiger charge is 2.21. The third kappa shape index (κ3) is 2.20. The number of aryl methyl sites for hydroxylation is 1. The molecule has 0 radical (unpaired) electrons. The predicted octanol–water partition coefficient (Wildman–Crippen LogP) is 1.64. The molecule has 1 heterocycles. The third-order valence-electron chi connectivity index (χ3n) is 2.63.